The summed E-state index contributed by atoms with van der Waals surface area (Å²) in [5, 5.41) is 8.75. The highest BCUT2D eigenvalue weighted by Crippen LogP contribution is 2.20. The van der Waals surface area contributed by atoms with Crippen LogP contribution in [0.3, 0.4) is 0 Å². The van der Waals surface area contributed by atoms with Crippen LogP contribution < -0.4 is 0 Å². The van der Waals surface area contributed by atoms with Crippen molar-refractivity contribution in [3.05, 3.63) is 35.4 Å². The van der Waals surface area contributed by atoms with Crippen LogP contribution >= 0.6 is 0 Å². The molecule has 1 aliphatic heterocycles. The molecule has 3 heteroatoms. The molecule has 0 spiro atoms. The van der Waals surface area contributed by atoms with Crippen LogP contribution in [-0.2, 0) is 11.3 Å². The van der Waals surface area contributed by atoms with Gasteiger partial charge < -0.3 is 4.74 Å². The summed E-state index contributed by atoms with van der Waals surface area (Å²) in [6.45, 7) is 2.92. The van der Waals surface area contributed by atoms with Gasteiger partial charge in [0.25, 0.3) is 0 Å². The van der Waals surface area contributed by atoms with Gasteiger partial charge in [-0.25, -0.2) is 0 Å². The van der Waals surface area contributed by atoms with Gasteiger partial charge in [-0.2, -0.15) is 5.26 Å². The first-order chi connectivity index (χ1) is 8.33. The first kappa shape index (κ1) is 12.1. The van der Waals surface area contributed by atoms with Gasteiger partial charge in [-0.05, 0) is 37.1 Å². The number of methoxy groups -OCH3 is 1. The summed E-state index contributed by atoms with van der Waals surface area (Å²) in [5.74, 6) is 0. The van der Waals surface area contributed by atoms with Crippen LogP contribution in [0.2, 0.25) is 0 Å². The predicted octanol–water partition coefficient (Wildman–Crippen LogP) is 2.17. The highest BCUT2D eigenvalue weighted by molar-refractivity contribution is 5.31. The van der Waals surface area contributed by atoms with E-state index in [4.69, 9.17) is 10.00 Å². The largest absolute Gasteiger partial charge is 0.383 e. The predicted molar refractivity (Wildman–Crippen MR) is 66.5 cm³/mol. The van der Waals surface area contributed by atoms with E-state index in [0.29, 0.717) is 6.04 Å². The van der Waals surface area contributed by atoms with E-state index < -0.39 is 0 Å². The molecule has 17 heavy (non-hydrogen) atoms. The van der Waals surface area contributed by atoms with Crippen LogP contribution in [0.5, 0.6) is 0 Å². The van der Waals surface area contributed by atoms with Gasteiger partial charge >= 0.3 is 0 Å². The molecule has 1 atom stereocenters. The Morgan fingerprint density at radius 1 is 1.41 bits per heavy atom. The fourth-order valence-electron chi connectivity index (χ4n) is 2.40. The lowest BCUT2D eigenvalue weighted by atomic mass is 10.1. The third-order valence-electron chi connectivity index (χ3n) is 3.33. The molecule has 0 radical (unpaired) electrons. The summed E-state index contributed by atoms with van der Waals surface area (Å²) < 4.78 is 5.25. The summed E-state index contributed by atoms with van der Waals surface area (Å²) >= 11 is 0. The first-order valence-corrected chi connectivity index (χ1v) is 6.05. The number of nitriles is 1. The van der Waals surface area contributed by atoms with E-state index in [9.17, 15) is 0 Å². The number of ether oxygens (including phenoxy) is 1. The van der Waals surface area contributed by atoms with Crippen molar-refractivity contribution in [1.29, 1.82) is 5.26 Å². The average Bonchev–Trinajstić information content (AvgIpc) is 2.78. The van der Waals surface area contributed by atoms with Crippen molar-refractivity contribution in [2.45, 2.75) is 25.4 Å². The highest BCUT2D eigenvalue weighted by atomic mass is 16.5. The molecule has 1 aliphatic rings. The Bertz CT molecular complexity index is 394. The summed E-state index contributed by atoms with van der Waals surface area (Å²) in [6, 6.07) is 10.6. The minimum atomic E-state index is 0.552. The Kier molecular flexibility index (Phi) is 4.13. The Morgan fingerprint density at radius 2 is 2.18 bits per heavy atom. The normalized spacial score (nSPS) is 20.4. The molecule has 1 aromatic carbocycles. The molecule has 0 saturated carbocycles. The minimum absolute atomic E-state index is 0.552. The van der Waals surface area contributed by atoms with Crippen LogP contribution in [0, 0.1) is 11.3 Å². The van der Waals surface area contributed by atoms with Gasteiger partial charge in [-0.15, -0.1) is 0 Å². The maximum Gasteiger partial charge on any atom is 0.0991 e. The van der Waals surface area contributed by atoms with Crippen molar-refractivity contribution in [2.75, 3.05) is 20.3 Å². The molecule has 3 nitrogen and oxygen atoms in total. The monoisotopic (exact) mass is 230 g/mol. The van der Waals surface area contributed by atoms with Gasteiger partial charge in [-0.1, -0.05) is 12.1 Å². The lowest BCUT2D eigenvalue weighted by Crippen LogP contribution is -2.32. The summed E-state index contributed by atoms with van der Waals surface area (Å²) in [6.07, 6.45) is 2.48. The summed E-state index contributed by atoms with van der Waals surface area (Å²) in [4.78, 5) is 2.46. The third kappa shape index (κ3) is 3.06. The number of hydrogen-bond acceptors (Lipinski definition) is 3. The second kappa shape index (κ2) is 5.81. The van der Waals surface area contributed by atoms with Gasteiger partial charge in [0.15, 0.2) is 0 Å². The zero-order valence-corrected chi connectivity index (χ0v) is 10.2. The van der Waals surface area contributed by atoms with Crippen LogP contribution in [0.1, 0.15) is 24.0 Å². The topological polar surface area (TPSA) is 36.3 Å². The first-order valence-electron chi connectivity index (χ1n) is 6.05. The van der Waals surface area contributed by atoms with Gasteiger partial charge in [0.05, 0.1) is 18.2 Å². The van der Waals surface area contributed by atoms with Crippen molar-refractivity contribution in [2.24, 2.45) is 0 Å². The zero-order chi connectivity index (χ0) is 12.1. The lowest BCUT2D eigenvalue weighted by molar-refractivity contribution is 0.112. The Hall–Kier alpha value is -1.37. The number of likely N-dealkylation sites (tertiary alicyclic amines) is 1. The van der Waals surface area contributed by atoms with Gasteiger partial charge in [0, 0.05) is 19.7 Å². The van der Waals surface area contributed by atoms with Crippen LogP contribution in [0.15, 0.2) is 24.3 Å². The van der Waals surface area contributed by atoms with Crippen LogP contribution in [0.4, 0.5) is 0 Å². The Labute approximate surface area is 103 Å². The molecule has 90 valence electrons. The lowest BCUT2D eigenvalue weighted by Gasteiger charge is -2.23. The molecule has 1 fully saturated rings. The van der Waals surface area contributed by atoms with E-state index in [0.717, 1.165) is 25.3 Å². The van der Waals surface area contributed by atoms with Crippen molar-refractivity contribution in [1.82, 2.24) is 4.90 Å². The number of hydrogen-bond donors (Lipinski definition) is 0. The molecule has 0 amide bonds. The maximum atomic E-state index is 8.75. The number of nitrogens with zero attached hydrogens (tertiary/aromatic N) is 2. The fraction of sp³-hybridized carbons (Fsp3) is 0.500. The zero-order valence-electron chi connectivity index (χ0n) is 10.2. The van der Waals surface area contributed by atoms with Crippen LogP contribution in [-0.4, -0.2) is 31.2 Å². The standard InChI is InChI=1S/C14H18N2O/c1-17-11-14-3-2-8-16(14)10-13-6-4-12(9-15)5-7-13/h4-7,14H,2-3,8,10-11H2,1H3/t14-/m1/s1. The summed E-state index contributed by atoms with van der Waals surface area (Å²) in [5.41, 5.74) is 2.00. The van der Waals surface area contributed by atoms with Crippen molar-refractivity contribution in [3.63, 3.8) is 0 Å². The third-order valence-corrected chi connectivity index (χ3v) is 3.33. The Balaban J connectivity index is 1.97. The van der Waals surface area contributed by atoms with E-state index in [1.165, 1.54) is 18.4 Å². The van der Waals surface area contributed by atoms with Gasteiger partial charge in [0.2, 0.25) is 0 Å². The van der Waals surface area contributed by atoms with Gasteiger partial charge in [-0.3, -0.25) is 4.90 Å². The van der Waals surface area contributed by atoms with E-state index >= 15 is 0 Å². The molecule has 0 bridgehead atoms. The number of rotatable bonds is 4. The van der Waals surface area contributed by atoms with Crippen molar-refractivity contribution < 1.29 is 4.74 Å². The van der Waals surface area contributed by atoms with E-state index in [1.807, 2.05) is 24.3 Å². The van der Waals surface area contributed by atoms with Crippen molar-refractivity contribution in [3.8, 4) is 6.07 Å². The molecule has 0 unspecified atom stereocenters. The highest BCUT2D eigenvalue weighted by Gasteiger charge is 2.23. The Morgan fingerprint density at radius 3 is 2.82 bits per heavy atom. The van der Waals surface area contributed by atoms with Crippen LogP contribution in [0.25, 0.3) is 0 Å². The molecular weight excluding hydrogens is 212 g/mol. The quantitative estimate of drug-likeness (QED) is 0.795. The molecule has 0 N–H and O–H groups in total. The number of benzene rings is 1. The molecular formula is C14H18N2O. The molecule has 2 rings (SSSR count). The molecule has 0 aliphatic carbocycles. The average molecular weight is 230 g/mol. The van der Waals surface area contributed by atoms with Gasteiger partial charge in [0.1, 0.15) is 0 Å². The van der Waals surface area contributed by atoms with Crippen molar-refractivity contribution >= 4 is 0 Å². The SMILES string of the molecule is COC[C@H]1CCCN1Cc1ccc(C#N)cc1. The molecule has 1 aromatic rings. The maximum absolute atomic E-state index is 8.75. The molecule has 0 aromatic heterocycles. The van der Waals surface area contributed by atoms with E-state index in [-0.39, 0.29) is 0 Å². The smallest absolute Gasteiger partial charge is 0.0991 e. The molecule has 1 saturated heterocycles. The summed E-state index contributed by atoms with van der Waals surface area (Å²) in [7, 11) is 1.76. The second-order valence-corrected chi connectivity index (χ2v) is 4.53. The second-order valence-electron chi connectivity index (χ2n) is 4.53. The van der Waals surface area contributed by atoms with E-state index in [2.05, 4.69) is 11.0 Å². The van der Waals surface area contributed by atoms with E-state index in [1.54, 1.807) is 7.11 Å². The minimum Gasteiger partial charge on any atom is -0.383 e. The fourth-order valence-corrected chi connectivity index (χ4v) is 2.40. The molecule has 1 heterocycles.